The van der Waals surface area contributed by atoms with Gasteiger partial charge in [-0.1, -0.05) is 19.1 Å². The third kappa shape index (κ3) is 4.91. The van der Waals surface area contributed by atoms with Crippen molar-refractivity contribution < 1.29 is 9.18 Å². The lowest BCUT2D eigenvalue weighted by atomic mass is 10.1. The number of carbonyl (C=O) groups excluding carboxylic acids is 1. The molecule has 0 unspecified atom stereocenters. The molecule has 0 aliphatic rings. The molecule has 0 atom stereocenters. The highest BCUT2D eigenvalue weighted by atomic mass is 19.1. The van der Waals surface area contributed by atoms with E-state index in [-0.39, 0.29) is 11.7 Å². The van der Waals surface area contributed by atoms with Crippen LogP contribution in [0, 0.1) is 5.82 Å². The SMILES string of the molecule is CCc1ccc(NCCC(=O)Nc2ccc(F)cc2)cc1. The zero-order chi connectivity index (χ0) is 15.1. The van der Waals surface area contributed by atoms with E-state index >= 15 is 0 Å². The average molecular weight is 286 g/mol. The van der Waals surface area contributed by atoms with Crippen LogP contribution in [-0.2, 0) is 11.2 Å². The van der Waals surface area contributed by atoms with Crippen LogP contribution in [0.15, 0.2) is 48.5 Å². The molecule has 2 N–H and O–H groups in total. The molecule has 0 spiro atoms. The summed E-state index contributed by atoms with van der Waals surface area (Å²) in [6.45, 7) is 2.67. The molecular formula is C17H19FN2O. The molecule has 110 valence electrons. The molecule has 0 saturated heterocycles. The Morgan fingerprint density at radius 3 is 2.24 bits per heavy atom. The van der Waals surface area contributed by atoms with E-state index in [4.69, 9.17) is 0 Å². The van der Waals surface area contributed by atoms with Crippen LogP contribution in [0.2, 0.25) is 0 Å². The Hall–Kier alpha value is -2.36. The summed E-state index contributed by atoms with van der Waals surface area (Å²) in [4.78, 5) is 11.7. The standard InChI is InChI=1S/C17H19FN2O/c1-2-13-3-7-15(8-4-13)19-12-11-17(21)20-16-9-5-14(18)6-10-16/h3-10,19H,2,11-12H2,1H3,(H,20,21). The van der Waals surface area contributed by atoms with Crippen molar-refractivity contribution in [3.8, 4) is 0 Å². The van der Waals surface area contributed by atoms with Gasteiger partial charge in [0.2, 0.25) is 5.91 Å². The molecule has 4 heteroatoms. The number of anilines is 2. The Balaban J connectivity index is 1.74. The third-order valence-electron chi connectivity index (χ3n) is 3.17. The Labute approximate surface area is 124 Å². The van der Waals surface area contributed by atoms with Crippen molar-refractivity contribution in [2.24, 2.45) is 0 Å². The van der Waals surface area contributed by atoms with Gasteiger partial charge in [0.15, 0.2) is 0 Å². The lowest BCUT2D eigenvalue weighted by Crippen LogP contribution is -2.16. The van der Waals surface area contributed by atoms with Crippen molar-refractivity contribution >= 4 is 17.3 Å². The van der Waals surface area contributed by atoms with Gasteiger partial charge in [-0.2, -0.15) is 0 Å². The number of carbonyl (C=O) groups is 1. The van der Waals surface area contributed by atoms with Gasteiger partial charge in [-0.05, 0) is 48.4 Å². The molecule has 2 rings (SSSR count). The lowest BCUT2D eigenvalue weighted by molar-refractivity contribution is -0.115. The van der Waals surface area contributed by atoms with E-state index in [9.17, 15) is 9.18 Å². The minimum absolute atomic E-state index is 0.0979. The molecule has 0 aromatic heterocycles. The maximum Gasteiger partial charge on any atom is 0.226 e. The fourth-order valence-corrected chi connectivity index (χ4v) is 1.94. The summed E-state index contributed by atoms with van der Waals surface area (Å²) in [6, 6.07) is 13.9. The van der Waals surface area contributed by atoms with Gasteiger partial charge in [0.1, 0.15) is 5.82 Å². The lowest BCUT2D eigenvalue weighted by Gasteiger charge is -2.08. The van der Waals surface area contributed by atoms with E-state index in [2.05, 4.69) is 29.7 Å². The minimum atomic E-state index is -0.315. The third-order valence-corrected chi connectivity index (χ3v) is 3.17. The van der Waals surface area contributed by atoms with Crippen molar-refractivity contribution in [2.75, 3.05) is 17.2 Å². The summed E-state index contributed by atoms with van der Waals surface area (Å²) in [7, 11) is 0. The van der Waals surface area contributed by atoms with E-state index in [1.807, 2.05) is 12.1 Å². The quantitative estimate of drug-likeness (QED) is 0.847. The molecule has 0 fully saturated rings. The van der Waals surface area contributed by atoms with Crippen LogP contribution in [0.4, 0.5) is 15.8 Å². The van der Waals surface area contributed by atoms with Gasteiger partial charge >= 0.3 is 0 Å². The Bertz CT molecular complexity index is 579. The fourth-order valence-electron chi connectivity index (χ4n) is 1.94. The number of nitrogens with one attached hydrogen (secondary N) is 2. The van der Waals surface area contributed by atoms with Crippen molar-refractivity contribution in [3.63, 3.8) is 0 Å². The number of hydrogen-bond donors (Lipinski definition) is 2. The highest BCUT2D eigenvalue weighted by molar-refractivity contribution is 5.90. The van der Waals surface area contributed by atoms with Gasteiger partial charge in [-0.3, -0.25) is 4.79 Å². The largest absolute Gasteiger partial charge is 0.385 e. The number of rotatable bonds is 6. The monoisotopic (exact) mass is 286 g/mol. The van der Waals surface area contributed by atoms with E-state index < -0.39 is 0 Å². The van der Waals surface area contributed by atoms with Gasteiger partial charge in [0.05, 0.1) is 0 Å². The van der Waals surface area contributed by atoms with Gasteiger partial charge in [-0.15, -0.1) is 0 Å². The molecule has 0 bridgehead atoms. The van der Waals surface area contributed by atoms with Crippen LogP contribution in [0.1, 0.15) is 18.9 Å². The van der Waals surface area contributed by atoms with Gasteiger partial charge in [0.25, 0.3) is 0 Å². The van der Waals surface area contributed by atoms with E-state index in [1.54, 1.807) is 12.1 Å². The number of aryl methyl sites for hydroxylation is 1. The Morgan fingerprint density at radius 1 is 1.00 bits per heavy atom. The first-order valence-corrected chi connectivity index (χ1v) is 7.05. The zero-order valence-corrected chi connectivity index (χ0v) is 12.0. The molecule has 2 aromatic rings. The first-order chi connectivity index (χ1) is 10.2. The topological polar surface area (TPSA) is 41.1 Å². The number of hydrogen-bond acceptors (Lipinski definition) is 2. The van der Waals surface area contributed by atoms with E-state index in [0.29, 0.717) is 18.7 Å². The molecule has 1 amide bonds. The highest BCUT2D eigenvalue weighted by Gasteiger charge is 2.02. The van der Waals surface area contributed by atoms with Gasteiger partial charge in [-0.25, -0.2) is 4.39 Å². The second-order valence-corrected chi connectivity index (χ2v) is 4.78. The normalized spacial score (nSPS) is 10.2. The molecule has 0 saturated carbocycles. The zero-order valence-electron chi connectivity index (χ0n) is 12.0. The molecule has 21 heavy (non-hydrogen) atoms. The van der Waals surface area contributed by atoms with Crippen molar-refractivity contribution in [1.29, 1.82) is 0 Å². The molecule has 3 nitrogen and oxygen atoms in total. The van der Waals surface area contributed by atoms with Gasteiger partial charge < -0.3 is 10.6 Å². The minimum Gasteiger partial charge on any atom is -0.385 e. The molecule has 0 radical (unpaired) electrons. The van der Waals surface area contributed by atoms with Gasteiger partial charge in [0, 0.05) is 24.3 Å². The molecule has 0 heterocycles. The second-order valence-electron chi connectivity index (χ2n) is 4.78. The van der Waals surface area contributed by atoms with Crippen LogP contribution in [0.25, 0.3) is 0 Å². The van der Waals surface area contributed by atoms with Crippen LogP contribution in [-0.4, -0.2) is 12.5 Å². The summed E-state index contributed by atoms with van der Waals surface area (Å²) in [6.07, 6.45) is 1.37. The first-order valence-electron chi connectivity index (χ1n) is 7.05. The fraction of sp³-hybridized carbons (Fsp3) is 0.235. The maximum atomic E-state index is 12.7. The summed E-state index contributed by atoms with van der Waals surface area (Å²) < 4.78 is 12.7. The van der Waals surface area contributed by atoms with E-state index in [0.717, 1.165) is 12.1 Å². The maximum absolute atomic E-state index is 12.7. The summed E-state index contributed by atoms with van der Waals surface area (Å²) >= 11 is 0. The predicted molar refractivity (Wildman–Crippen MR) is 84.0 cm³/mol. The second kappa shape index (κ2) is 7.43. The molecule has 0 aliphatic heterocycles. The highest BCUT2D eigenvalue weighted by Crippen LogP contribution is 2.11. The average Bonchev–Trinajstić information content (AvgIpc) is 2.50. The molecule has 2 aromatic carbocycles. The predicted octanol–water partition coefficient (Wildman–Crippen LogP) is 3.83. The Kier molecular flexibility index (Phi) is 5.32. The van der Waals surface area contributed by atoms with Crippen LogP contribution < -0.4 is 10.6 Å². The van der Waals surface area contributed by atoms with Crippen molar-refractivity contribution in [1.82, 2.24) is 0 Å². The number of amides is 1. The summed E-state index contributed by atoms with van der Waals surface area (Å²) in [5.41, 5.74) is 2.89. The molecular weight excluding hydrogens is 267 g/mol. The van der Waals surface area contributed by atoms with Crippen molar-refractivity contribution in [2.45, 2.75) is 19.8 Å². The molecule has 0 aliphatic carbocycles. The summed E-state index contributed by atoms with van der Waals surface area (Å²) in [5.74, 6) is -0.413. The van der Waals surface area contributed by atoms with Crippen molar-refractivity contribution in [3.05, 3.63) is 59.9 Å². The smallest absolute Gasteiger partial charge is 0.226 e. The Morgan fingerprint density at radius 2 is 1.62 bits per heavy atom. The number of benzene rings is 2. The summed E-state index contributed by atoms with van der Waals surface area (Å²) in [5, 5.41) is 5.93. The van der Waals surface area contributed by atoms with Crippen LogP contribution in [0.5, 0.6) is 0 Å². The number of halogens is 1. The van der Waals surface area contributed by atoms with Crippen LogP contribution in [0.3, 0.4) is 0 Å². The van der Waals surface area contributed by atoms with E-state index in [1.165, 1.54) is 17.7 Å². The first kappa shape index (κ1) is 15.0. The van der Waals surface area contributed by atoms with Crippen LogP contribution >= 0.6 is 0 Å².